The quantitative estimate of drug-likeness (QED) is 0.860. The van der Waals surface area contributed by atoms with Crippen molar-refractivity contribution in [2.45, 2.75) is 52.0 Å². The van der Waals surface area contributed by atoms with Crippen LogP contribution in [0, 0.1) is 12.8 Å². The molecule has 1 aliphatic carbocycles. The van der Waals surface area contributed by atoms with E-state index in [4.69, 9.17) is 11.6 Å². The lowest BCUT2D eigenvalue weighted by Gasteiger charge is -2.34. The Balaban J connectivity index is 2.07. The van der Waals surface area contributed by atoms with Gasteiger partial charge in [0.25, 0.3) is 0 Å². The summed E-state index contributed by atoms with van der Waals surface area (Å²) in [7, 11) is 1.99. The van der Waals surface area contributed by atoms with Gasteiger partial charge in [0.05, 0.1) is 16.4 Å². The van der Waals surface area contributed by atoms with Gasteiger partial charge in [-0.3, -0.25) is 4.68 Å². The van der Waals surface area contributed by atoms with E-state index in [0.29, 0.717) is 6.04 Å². The number of aromatic nitrogens is 2. The molecule has 1 atom stereocenters. The summed E-state index contributed by atoms with van der Waals surface area (Å²) in [4.78, 5) is 0. The zero-order valence-corrected chi connectivity index (χ0v) is 12.4. The lowest BCUT2D eigenvalue weighted by Crippen LogP contribution is -2.41. The normalized spacial score (nSPS) is 17.8. The first kappa shape index (κ1) is 13.9. The summed E-state index contributed by atoms with van der Waals surface area (Å²) in [6.07, 6.45) is 6.28. The SMILES string of the molecule is CCCNC(Cc1c(Cl)c(C)nn1C)C1CCC1. The highest BCUT2D eigenvalue weighted by molar-refractivity contribution is 6.31. The van der Waals surface area contributed by atoms with Gasteiger partial charge in [-0.25, -0.2) is 0 Å². The molecular weight excluding hydrogens is 246 g/mol. The molecule has 0 aromatic carbocycles. The van der Waals surface area contributed by atoms with E-state index in [0.717, 1.165) is 29.6 Å². The van der Waals surface area contributed by atoms with Gasteiger partial charge in [-0.05, 0) is 38.6 Å². The van der Waals surface area contributed by atoms with Crippen LogP contribution < -0.4 is 5.32 Å². The molecule has 2 rings (SSSR count). The summed E-state index contributed by atoms with van der Waals surface area (Å²) >= 11 is 6.35. The van der Waals surface area contributed by atoms with Crippen molar-refractivity contribution in [1.82, 2.24) is 15.1 Å². The maximum absolute atomic E-state index is 6.35. The Kier molecular flexibility index (Phi) is 4.68. The summed E-state index contributed by atoms with van der Waals surface area (Å²) in [5.74, 6) is 0.822. The molecule has 1 aromatic heterocycles. The van der Waals surface area contributed by atoms with Crippen molar-refractivity contribution >= 4 is 11.6 Å². The van der Waals surface area contributed by atoms with E-state index >= 15 is 0 Å². The molecule has 0 bridgehead atoms. The van der Waals surface area contributed by atoms with Gasteiger partial charge in [0.15, 0.2) is 0 Å². The fourth-order valence-electron chi connectivity index (χ4n) is 2.69. The summed E-state index contributed by atoms with van der Waals surface area (Å²) in [5, 5.41) is 8.94. The zero-order valence-electron chi connectivity index (χ0n) is 11.7. The topological polar surface area (TPSA) is 29.9 Å². The van der Waals surface area contributed by atoms with Crippen molar-refractivity contribution in [3.05, 3.63) is 16.4 Å². The van der Waals surface area contributed by atoms with E-state index in [2.05, 4.69) is 17.3 Å². The van der Waals surface area contributed by atoms with Crippen LogP contribution in [0.1, 0.15) is 44.0 Å². The summed E-state index contributed by atoms with van der Waals surface area (Å²) in [6, 6.07) is 0.561. The summed E-state index contributed by atoms with van der Waals surface area (Å²) < 4.78 is 1.94. The van der Waals surface area contributed by atoms with Crippen molar-refractivity contribution < 1.29 is 0 Å². The minimum atomic E-state index is 0.561. The first-order valence-electron chi connectivity index (χ1n) is 7.04. The molecule has 0 aliphatic heterocycles. The Morgan fingerprint density at radius 1 is 1.50 bits per heavy atom. The van der Waals surface area contributed by atoms with Crippen molar-refractivity contribution in [2.24, 2.45) is 13.0 Å². The Hall–Kier alpha value is -0.540. The van der Waals surface area contributed by atoms with E-state index in [9.17, 15) is 0 Å². The summed E-state index contributed by atoms with van der Waals surface area (Å²) in [6.45, 7) is 5.28. The number of halogens is 1. The van der Waals surface area contributed by atoms with Crippen LogP contribution >= 0.6 is 11.6 Å². The fraction of sp³-hybridized carbons (Fsp3) is 0.786. The number of hydrogen-bond acceptors (Lipinski definition) is 2. The number of aryl methyl sites for hydroxylation is 2. The second-order valence-corrected chi connectivity index (χ2v) is 5.80. The molecule has 0 amide bonds. The minimum absolute atomic E-state index is 0.561. The largest absolute Gasteiger partial charge is 0.313 e. The second-order valence-electron chi connectivity index (χ2n) is 5.43. The molecule has 102 valence electrons. The molecule has 1 unspecified atom stereocenters. The van der Waals surface area contributed by atoms with Gasteiger partial charge in [0.1, 0.15) is 0 Å². The molecule has 1 fully saturated rings. The lowest BCUT2D eigenvalue weighted by atomic mass is 9.78. The molecule has 1 N–H and O–H groups in total. The maximum atomic E-state index is 6.35. The monoisotopic (exact) mass is 269 g/mol. The maximum Gasteiger partial charge on any atom is 0.0847 e. The predicted octanol–water partition coefficient (Wildman–Crippen LogP) is 3.09. The number of nitrogens with zero attached hydrogens (tertiary/aromatic N) is 2. The molecular formula is C14H24ClN3. The zero-order chi connectivity index (χ0) is 13.1. The first-order chi connectivity index (χ1) is 8.63. The molecule has 0 saturated heterocycles. The third-order valence-corrected chi connectivity index (χ3v) is 4.54. The molecule has 1 saturated carbocycles. The number of rotatable bonds is 6. The third-order valence-electron chi connectivity index (χ3n) is 4.05. The molecule has 4 heteroatoms. The Labute approximate surface area is 115 Å². The molecule has 1 aliphatic rings. The van der Waals surface area contributed by atoms with Gasteiger partial charge in [-0.2, -0.15) is 5.10 Å². The van der Waals surface area contributed by atoms with Gasteiger partial charge in [0.2, 0.25) is 0 Å². The number of hydrogen-bond donors (Lipinski definition) is 1. The Morgan fingerprint density at radius 2 is 2.22 bits per heavy atom. The van der Waals surface area contributed by atoms with E-state index in [1.165, 1.54) is 31.4 Å². The third kappa shape index (κ3) is 2.89. The van der Waals surface area contributed by atoms with Crippen LogP contribution in [-0.2, 0) is 13.5 Å². The van der Waals surface area contributed by atoms with Crippen LogP contribution in [0.25, 0.3) is 0 Å². The average molecular weight is 270 g/mol. The Morgan fingerprint density at radius 3 is 2.67 bits per heavy atom. The van der Waals surface area contributed by atoms with Crippen LogP contribution in [0.15, 0.2) is 0 Å². The molecule has 3 nitrogen and oxygen atoms in total. The van der Waals surface area contributed by atoms with Crippen LogP contribution in [0.5, 0.6) is 0 Å². The molecule has 0 radical (unpaired) electrons. The average Bonchev–Trinajstić information content (AvgIpc) is 2.50. The highest BCUT2D eigenvalue weighted by atomic mass is 35.5. The van der Waals surface area contributed by atoms with E-state index in [1.807, 2.05) is 18.7 Å². The van der Waals surface area contributed by atoms with E-state index in [-0.39, 0.29) is 0 Å². The predicted molar refractivity (Wildman–Crippen MR) is 76.1 cm³/mol. The van der Waals surface area contributed by atoms with Crippen molar-refractivity contribution in [3.8, 4) is 0 Å². The van der Waals surface area contributed by atoms with Crippen LogP contribution in [0.3, 0.4) is 0 Å². The molecule has 1 heterocycles. The standard InChI is InChI=1S/C14H24ClN3/c1-4-8-16-12(11-6-5-7-11)9-13-14(15)10(2)17-18(13)3/h11-12,16H,4-9H2,1-3H3. The molecule has 18 heavy (non-hydrogen) atoms. The molecule has 0 spiro atoms. The smallest absolute Gasteiger partial charge is 0.0847 e. The van der Waals surface area contributed by atoms with E-state index < -0.39 is 0 Å². The van der Waals surface area contributed by atoms with Gasteiger partial charge >= 0.3 is 0 Å². The highest BCUT2D eigenvalue weighted by Crippen LogP contribution is 2.32. The Bertz CT molecular complexity index is 396. The highest BCUT2D eigenvalue weighted by Gasteiger charge is 2.28. The van der Waals surface area contributed by atoms with Gasteiger partial charge in [0, 0.05) is 19.5 Å². The molecule has 1 aromatic rings. The van der Waals surface area contributed by atoms with Crippen molar-refractivity contribution in [3.63, 3.8) is 0 Å². The van der Waals surface area contributed by atoms with Gasteiger partial charge < -0.3 is 5.32 Å². The van der Waals surface area contributed by atoms with Crippen molar-refractivity contribution in [2.75, 3.05) is 6.54 Å². The second kappa shape index (κ2) is 6.07. The van der Waals surface area contributed by atoms with Gasteiger partial charge in [-0.15, -0.1) is 0 Å². The van der Waals surface area contributed by atoms with Crippen LogP contribution in [0.2, 0.25) is 5.02 Å². The van der Waals surface area contributed by atoms with Crippen LogP contribution in [0.4, 0.5) is 0 Å². The van der Waals surface area contributed by atoms with Crippen LogP contribution in [-0.4, -0.2) is 22.4 Å². The van der Waals surface area contributed by atoms with Gasteiger partial charge in [-0.1, -0.05) is 24.9 Å². The fourth-order valence-corrected chi connectivity index (χ4v) is 2.92. The number of nitrogens with one attached hydrogen (secondary N) is 1. The van der Waals surface area contributed by atoms with E-state index in [1.54, 1.807) is 0 Å². The lowest BCUT2D eigenvalue weighted by molar-refractivity contribution is 0.225. The minimum Gasteiger partial charge on any atom is -0.313 e. The first-order valence-corrected chi connectivity index (χ1v) is 7.42. The van der Waals surface area contributed by atoms with Crippen molar-refractivity contribution in [1.29, 1.82) is 0 Å². The summed E-state index contributed by atoms with van der Waals surface area (Å²) in [5.41, 5.74) is 2.12.